The number of hydrogen-bond donors (Lipinski definition) is 0. The van der Waals surface area contributed by atoms with Gasteiger partial charge in [0.15, 0.2) is 0 Å². The predicted molar refractivity (Wildman–Crippen MR) is 112 cm³/mol. The normalized spacial score (nSPS) is 11.6. The lowest BCUT2D eigenvalue weighted by Gasteiger charge is -2.03. The van der Waals surface area contributed by atoms with Crippen molar-refractivity contribution in [2.24, 2.45) is 0 Å². The van der Waals surface area contributed by atoms with Gasteiger partial charge in [0.1, 0.15) is 0 Å². The van der Waals surface area contributed by atoms with Crippen LogP contribution in [0.5, 0.6) is 0 Å². The highest BCUT2D eigenvalue weighted by Crippen LogP contribution is 2.14. The molecule has 0 amide bonds. The standard InChI is InChI=1S/C24H46/c1-3-5-7-9-11-13-15-17-19-21-23-24-22-20-18-16-14-12-10-8-6-4-2/h7,9H,1-6,8,10-24H2/b9-7+. The Balaban J connectivity index is 2.98. The second kappa shape index (κ2) is 22.7. The van der Waals surface area contributed by atoms with E-state index in [4.69, 9.17) is 0 Å². The number of allylic oxidation sites excluding steroid dienone is 2. The van der Waals surface area contributed by atoms with Gasteiger partial charge in [-0.05, 0) is 25.7 Å². The first-order valence-electron chi connectivity index (χ1n) is 11.1. The van der Waals surface area contributed by atoms with Crippen molar-refractivity contribution in [2.45, 2.75) is 128 Å². The largest absolute Gasteiger partial charge is 0.0885 e. The molecule has 0 saturated heterocycles. The summed E-state index contributed by atoms with van der Waals surface area (Å²) in [6, 6.07) is 0. The first-order valence-corrected chi connectivity index (χ1v) is 11.1. The molecule has 0 aromatic carbocycles. The SMILES string of the molecule is [CH2]CC/C=C/CCCCCCCCCCCCCCCCCC[CH2]. The Hall–Kier alpha value is -0.260. The molecule has 0 aliphatic carbocycles. The average Bonchev–Trinajstić information content (AvgIpc) is 2.60. The van der Waals surface area contributed by atoms with Gasteiger partial charge in [0, 0.05) is 0 Å². The van der Waals surface area contributed by atoms with Crippen molar-refractivity contribution in [1.29, 1.82) is 0 Å². The van der Waals surface area contributed by atoms with Crippen molar-refractivity contribution >= 4 is 0 Å². The minimum Gasteiger partial charge on any atom is -0.0885 e. The van der Waals surface area contributed by atoms with Gasteiger partial charge in [0.25, 0.3) is 0 Å². The molecule has 0 aromatic rings. The van der Waals surface area contributed by atoms with Gasteiger partial charge in [-0.25, -0.2) is 0 Å². The van der Waals surface area contributed by atoms with Gasteiger partial charge in [-0.2, -0.15) is 0 Å². The molecule has 24 heavy (non-hydrogen) atoms. The molecular weight excluding hydrogens is 288 g/mol. The van der Waals surface area contributed by atoms with Crippen molar-refractivity contribution < 1.29 is 0 Å². The Morgan fingerprint density at radius 1 is 0.333 bits per heavy atom. The molecule has 0 spiro atoms. The highest BCUT2D eigenvalue weighted by molar-refractivity contribution is 4.81. The molecule has 0 rings (SSSR count). The van der Waals surface area contributed by atoms with Crippen LogP contribution in [0.1, 0.15) is 128 Å². The smallest absolute Gasteiger partial charge is 0.0351 e. The van der Waals surface area contributed by atoms with Crippen molar-refractivity contribution in [3.05, 3.63) is 26.0 Å². The summed E-state index contributed by atoms with van der Waals surface area (Å²) in [5.41, 5.74) is 0. The van der Waals surface area contributed by atoms with Gasteiger partial charge in [-0.3, -0.25) is 0 Å². The Morgan fingerprint density at radius 2 is 0.667 bits per heavy atom. The maximum absolute atomic E-state index is 3.90. The summed E-state index contributed by atoms with van der Waals surface area (Å²) in [6.07, 6.45) is 32.2. The number of rotatable bonds is 20. The first-order chi connectivity index (χ1) is 11.9. The van der Waals surface area contributed by atoms with Crippen LogP contribution in [0, 0.1) is 13.8 Å². The monoisotopic (exact) mass is 334 g/mol. The van der Waals surface area contributed by atoms with E-state index in [2.05, 4.69) is 26.0 Å². The van der Waals surface area contributed by atoms with E-state index < -0.39 is 0 Å². The molecule has 142 valence electrons. The zero-order valence-corrected chi connectivity index (χ0v) is 16.7. The Labute approximate surface area is 154 Å². The average molecular weight is 335 g/mol. The quantitative estimate of drug-likeness (QED) is 0.154. The van der Waals surface area contributed by atoms with E-state index in [-0.39, 0.29) is 0 Å². The molecule has 0 atom stereocenters. The minimum absolute atomic E-state index is 1.04. The highest BCUT2D eigenvalue weighted by Gasteiger charge is 1.94. The van der Waals surface area contributed by atoms with Crippen LogP contribution >= 0.6 is 0 Å². The lowest BCUT2D eigenvalue weighted by atomic mass is 10.0. The fraction of sp³-hybridized carbons (Fsp3) is 0.833. The van der Waals surface area contributed by atoms with E-state index in [0.717, 1.165) is 19.3 Å². The maximum atomic E-state index is 3.90. The van der Waals surface area contributed by atoms with Gasteiger partial charge >= 0.3 is 0 Å². The fourth-order valence-corrected chi connectivity index (χ4v) is 3.27. The molecule has 0 unspecified atom stereocenters. The maximum Gasteiger partial charge on any atom is -0.0351 e. The molecule has 0 aliphatic heterocycles. The van der Waals surface area contributed by atoms with Crippen LogP contribution in [0.25, 0.3) is 0 Å². The highest BCUT2D eigenvalue weighted by atomic mass is 14.0. The summed E-state index contributed by atoms with van der Waals surface area (Å²) in [7, 11) is 0. The summed E-state index contributed by atoms with van der Waals surface area (Å²) in [4.78, 5) is 0. The lowest BCUT2D eigenvalue weighted by Crippen LogP contribution is -1.83. The second-order valence-electron chi connectivity index (χ2n) is 7.41. The van der Waals surface area contributed by atoms with Gasteiger partial charge in [-0.1, -0.05) is 129 Å². The topological polar surface area (TPSA) is 0 Å². The van der Waals surface area contributed by atoms with Crippen LogP contribution < -0.4 is 0 Å². The van der Waals surface area contributed by atoms with Crippen LogP contribution in [0.2, 0.25) is 0 Å². The van der Waals surface area contributed by atoms with Crippen molar-refractivity contribution in [3.8, 4) is 0 Å². The summed E-state index contributed by atoms with van der Waals surface area (Å²) < 4.78 is 0. The molecule has 0 aliphatic rings. The zero-order chi connectivity index (χ0) is 17.6. The van der Waals surface area contributed by atoms with E-state index in [1.54, 1.807) is 0 Å². The predicted octanol–water partition coefficient (Wildman–Crippen LogP) is 9.01. The van der Waals surface area contributed by atoms with Crippen molar-refractivity contribution in [3.63, 3.8) is 0 Å². The number of unbranched alkanes of at least 4 members (excludes halogenated alkanes) is 18. The summed E-state index contributed by atoms with van der Waals surface area (Å²) in [5.74, 6) is 0. The van der Waals surface area contributed by atoms with E-state index in [1.807, 2.05) is 0 Å². The molecule has 0 aromatic heterocycles. The van der Waals surface area contributed by atoms with Crippen LogP contribution in [0.4, 0.5) is 0 Å². The third-order valence-electron chi connectivity index (χ3n) is 4.91. The fourth-order valence-electron chi connectivity index (χ4n) is 3.27. The molecule has 0 fully saturated rings. The van der Waals surface area contributed by atoms with Crippen LogP contribution in [0.15, 0.2) is 12.2 Å². The van der Waals surface area contributed by atoms with Gasteiger partial charge in [0.2, 0.25) is 0 Å². The zero-order valence-electron chi connectivity index (χ0n) is 16.7. The molecule has 0 bridgehead atoms. The summed E-state index contributed by atoms with van der Waals surface area (Å²) in [5, 5.41) is 0. The second-order valence-corrected chi connectivity index (χ2v) is 7.41. The number of hydrogen-bond acceptors (Lipinski definition) is 0. The third kappa shape index (κ3) is 21.7. The molecule has 0 saturated carbocycles. The van der Waals surface area contributed by atoms with E-state index in [0.29, 0.717) is 0 Å². The van der Waals surface area contributed by atoms with Crippen LogP contribution in [-0.2, 0) is 0 Å². The Kier molecular flexibility index (Phi) is 22.5. The molecular formula is C24H46. The van der Waals surface area contributed by atoms with Gasteiger partial charge in [0.05, 0.1) is 0 Å². The summed E-state index contributed by atoms with van der Waals surface area (Å²) in [6.45, 7) is 7.75. The summed E-state index contributed by atoms with van der Waals surface area (Å²) >= 11 is 0. The Morgan fingerprint density at radius 3 is 1.04 bits per heavy atom. The molecule has 0 heterocycles. The first kappa shape index (κ1) is 23.7. The lowest BCUT2D eigenvalue weighted by molar-refractivity contribution is 0.528. The Bertz CT molecular complexity index is 228. The minimum atomic E-state index is 1.04. The van der Waals surface area contributed by atoms with Gasteiger partial charge in [-0.15, -0.1) is 0 Å². The van der Waals surface area contributed by atoms with E-state index in [9.17, 15) is 0 Å². The van der Waals surface area contributed by atoms with Crippen molar-refractivity contribution in [1.82, 2.24) is 0 Å². The van der Waals surface area contributed by atoms with Crippen LogP contribution in [-0.4, -0.2) is 0 Å². The van der Waals surface area contributed by atoms with Crippen molar-refractivity contribution in [2.75, 3.05) is 0 Å². The molecule has 2 radical (unpaired) electrons. The molecule has 0 nitrogen and oxygen atoms in total. The van der Waals surface area contributed by atoms with Crippen LogP contribution in [0.3, 0.4) is 0 Å². The van der Waals surface area contributed by atoms with E-state index >= 15 is 0 Å². The van der Waals surface area contributed by atoms with Gasteiger partial charge < -0.3 is 0 Å². The molecule has 0 heteroatoms. The molecule has 0 N–H and O–H groups in total. The van der Waals surface area contributed by atoms with E-state index in [1.165, 1.54) is 109 Å². The third-order valence-corrected chi connectivity index (χ3v) is 4.91.